The van der Waals surface area contributed by atoms with Crippen molar-refractivity contribution in [2.24, 2.45) is 0 Å². The molecule has 0 heterocycles. The Kier molecular flexibility index (Phi) is 16.2. The third kappa shape index (κ3) is 19.3. The van der Waals surface area contributed by atoms with Crippen molar-refractivity contribution in [3.05, 3.63) is 20.3 Å². The molecule has 0 fully saturated rings. The number of hydrogen-bond donors (Lipinski definition) is 2. The molecule has 0 aromatic carbocycles. The smallest absolute Gasteiger partial charge is 0.341 e. The van der Waals surface area contributed by atoms with Gasteiger partial charge in [0.1, 0.15) is 0 Å². The van der Waals surface area contributed by atoms with Gasteiger partial charge in [0.2, 0.25) is 0 Å². The molecule has 0 saturated carbocycles. The Morgan fingerprint density at radius 1 is 0.923 bits per heavy atom. The summed E-state index contributed by atoms with van der Waals surface area (Å²) < 4.78 is 0.292. The zero-order valence-electron chi connectivity index (χ0n) is 6.59. The molecule has 0 aromatic heterocycles. The Morgan fingerprint density at radius 2 is 1.00 bits per heavy atom. The van der Waals surface area contributed by atoms with Gasteiger partial charge in [0, 0.05) is 27.3 Å². The number of halogens is 2. The molecule has 0 rings (SSSR count). The van der Waals surface area contributed by atoms with Crippen LogP contribution < -0.4 is 0 Å². The van der Waals surface area contributed by atoms with Gasteiger partial charge in [0.15, 0.2) is 0 Å². The normalized spacial score (nSPS) is 6.92. The first-order chi connectivity index (χ1) is 5.29. The summed E-state index contributed by atoms with van der Waals surface area (Å²) in [6.45, 7) is 6.28. The molecule has 0 aromatic rings. The van der Waals surface area contributed by atoms with Crippen LogP contribution in [0.4, 0.5) is 0 Å². The Balaban J connectivity index is -0.000000143. The molecule has 0 saturated heterocycles. The van der Waals surface area contributed by atoms with Crippen LogP contribution in [-0.2, 0) is 36.9 Å². The largest absolute Gasteiger partial charge is 0.477 e. The van der Waals surface area contributed by atoms with E-state index < -0.39 is 11.9 Å². The molecule has 0 unspecified atom stereocenters. The summed E-state index contributed by atoms with van der Waals surface area (Å²) in [6, 6.07) is 0. The topological polar surface area (TPSA) is 74.6 Å². The van der Waals surface area contributed by atoms with Crippen LogP contribution in [0.3, 0.4) is 0 Å². The van der Waals surface area contributed by atoms with Gasteiger partial charge in [-0.05, 0) is 45.2 Å². The predicted octanol–water partition coefficient (Wildman–Crippen LogP) is 2.04. The Bertz CT molecular complexity index is 179. The molecule has 0 aliphatic carbocycles. The number of carboxylic acid groups (broad SMARTS) is 2. The third-order valence-electron chi connectivity index (χ3n) is 0.464. The first-order valence-electron chi connectivity index (χ1n) is 2.44. The Morgan fingerprint density at radius 3 is 1.00 bits per heavy atom. The van der Waals surface area contributed by atoms with Crippen LogP contribution in [0.5, 0.6) is 0 Å². The first kappa shape index (κ1) is 19.4. The van der Waals surface area contributed by atoms with Crippen LogP contribution >= 0.6 is 45.2 Å². The molecule has 4 nitrogen and oxygen atoms in total. The number of carboxylic acids is 2. The van der Waals surface area contributed by atoms with Crippen molar-refractivity contribution in [2.45, 2.75) is 0 Å². The van der Waals surface area contributed by atoms with E-state index >= 15 is 0 Å². The second-order valence-electron chi connectivity index (χ2n) is 1.42. The second-order valence-corrected chi connectivity index (χ2v) is 4.02. The van der Waals surface area contributed by atoms with Gasteiger partial charge in [0.25, 0.3) is 0 Å². The zero-order valence-corrected chi connectivity index (χ0v) is 14.9. The van der Waals surface area contributed by atoms with E-state index in [9.17, 15) is 9.59 Å². The third-order valence-corrected chi connectivity index (χ3v) is 1.39. The average molecular weight is 508 g/mol. The number of aliphatic carboxylic acids is 2. The van der Waals surface area contributed by atoms with Crippen molar-refractivity contribution < 1.29 is 47.1 Å². The van der Waals surface area contributed by atoms with Crippen LogP contribution in [0, 0.1) is 0 Å². The van der Waals surface area contributed by atoms with Gasteiger partial charge >= 0.3 is 11.9 Å². The van der Waals surface area contributed by atoms with Gasteiger partial charge < -0.3 is 10.2 Å². The molecule has 0 amide bonds. The zero-order chi connectivity index (χ0) is 10.3. The van der Waals surface area contributed by atoms with Crippen molar-refractivity contribution in [3.8, 4) is 0 Å². The van der Waals surface area contributed by atoms with Gasteiger partial charge in [-0.3, -0.25) is 0 Å². The van der Waals surface area contributed by atoms with Crippen molar-refractivity contribution in [3.63, 3.8) is 0 Å². The number of carbonyl (C=O) groups is 2. The van der Waals surface area contributed by atoms with E-state index in [0.29, 0.717) is 0 Å². The maximum absolute atomic E-state index is 9.59. The summed E-state index contributed by atoms with van der Waals surface area (Å²) in [5.41, 5.74) is 0. The molecule has 0 atom stereocenters. The molecule has 70 valence electrons. The van der Waals surface area contributed by atoms with E-state index in [1.54, 1.807) is 45.2 Å². The van der Waals surface area contributed by atoms with Gasteiger partial charge in [-0.25, -0.2) is 9.59 Å². The van der Waals surface area contributed by atoms with Crippen molar-refractivity contribution >= 4 is 57.1 Å². The van der Waals surface area contributed by atoms with Gasteiger partial charge in [-0.2, -0.15) is 0 Å². The van der Waals surface area contributed by atoms with Crippen molar-refractivity contribution in [1.29, 1.82) is 0 Å². The molecule has 0 aliphatic heterocycles. The fourth-order valence-electron chi connectivity index (χ4n) is 0. The predicted molar refractivity (Wildman–Crippen MR) is 61.6 cm³/mol. The summed E-state index contributed by atoms with van der Waals surface area (Å²) in [6.07, 6.45) is 0. The van der Waals surface area contributed by atoms with Crippen LogP contribution in [0.1, 0.15) is 0 Å². The van der Waals surface area contributed by atoms with E-state index in [2.05, 4.69) is 13.2 Å². The monoisotopic (exact) mass is 510 g/mol. The summed E-state index contributed by atoms with van der Waals surface area (Å²) in [4.78, 5) is 19.2. The minimum absolute atomic E-state index is 0. The number of hydrogen-bond acceptors (Lipinski definition) is 2. The molecule has 0 spiro atoms. The molecule has 0 radical (unpaired) electrons. The fraction of sp³-hybridized carbons (Fsp3) is 0. The van der Waals surface area contributed by atoms with E-state index in [-0.39, 0.29) is 34.5 Å². The maximum atomic E-state index is 9.59. The Hall–Kier alpha value is 0.802. The first-order valence-corrected chi connectivity index (χ1v) is 4.60. The van der Waals surface area contributed by atoms with E-state index in [1.165, 1.54) is 0 Å². The Labute approximate surface area is 123 Å². The van der Waals surface area contributed by atoms with Crippen molar-refractivity contribution in [2.75, 3.05) is 0 Å². The standard InChI is InChI=1S/2C3H3IO2.Cd/c2*1-2(4)3(5)6;/h2*1H2,(H,5,6);. The summed E-state index contributed by atoms with van der Waals surface area (Å²) in [5.74, 6) is -1.90. The van der Waals surface area contributed by atoms with Crippen LogP contribution in [0.2, 0.25) is 0 Å². The van der Waals surface area contributed by atoms with Crippen molar-refractivity contribution in [1.82, 2.24) is 0 Å². The summed E-state index contributed by atoms with van der Waals surface area (Å²) in [7, 11) is 0. The molecular formula is C6H6CdI2O4. The maximum Gasteiger partial charge on any atom is 0.341 e. The fourth-order valence-corrected chi connectivity index (χ4v) is 0. The van der Waals surface area contributed by atoms with Crippen LogP contribution in [-0.4, -0.2) is 22.2 Å². The van der Waals surface area contributed by atoms with E-state index in [1.807, 2.05) is 0 Å². The summed E-state index contributed by atoms with van der Waals surface area (Å²) >= 11 is 3.28. The SMILES string of the molecule is C=C(I)C(=O)O.C=C(I)C(=O)O.[Cd]. The molecule has 2 N–H and O–H groups in total. The molecule has 13 heavy (non-hydrogen) atoms. The molecule has 0 aliphatic rings. The second kappa shape index (κ2) is 10.9. The summed E-state index contributed by atoms with van der Waals surface area (Å²) in [5, 5.41) is 15.8. The number of rotatable bonds is 2. The average Bonchev–Trinajstić information content (AvgIpc) is 1.88. The van der Waals surface area contributed by atoms with Gasteiger partial charge in [-0.1, -0.05) is 13.2 Å². The van der Waals surface area contributed by atoms with E-state index in [4.69, 9.17) is 10.2 Å². The molecule has 7 heteroatoms. The molecule has 0 bridgehead atoms. The van der Waals surface area contributed by atoms with E-state index in [0.717, 1.165) is 0 Å². The van der Waals surface area contributed by atoms with Crippen LogP contribution in [0.15, 0.2) is 20.3 Å². The minimum atomic E-state index is -0.949. The van der Waals surface area contributed by atoms with Gasteiger partial charge in [-0.15, -0.1) is 0 Å². The van der Waals surface area contributed by atoms with Crippen LogP contribution in [0.25, 0.3) is 0 Å². The quantitative estimate of drug-likeness (QED) is 0.340. The van der Waals surface area contributed by atoms with Gasteiger partial charge in [0.05, 0.1) is 7.16 Å². The molecular weight excluding hydrogens is 502 g/mol. The minimum Gasteiger partial charge on any atom is -0.477 e.